The third-order valence-corrected chi connectivity index (χ3v) is 4.23. The topological polar surface area (TPSA) is 39.7 Å². The van der Waals surface area contributed by atoms with Gasteiger partial charge in [0.05, 0.1) is 11.8 Å². The van der Waals surface area contributed by atoms with Crippen molar-refractivity contribution in [2.75, 3.05) is 6.61 Å². The molecule has 4 nitrogen and oxygen atoms in total. The molecular formula is C18H22F3NO3. The largest absolute Gasteiger partial charge is 0.487 e. The van der Waals surface area contributed by atoms with E-state index in [2.05, 4.69) is 11.6 Å². The molecule has 0 amide bonds. The Hall–Kier alpha value is -1.89. The van der Waals surface area contributed by atoms with E-state index in [1.807, 2.05) is 13.8 Å². The number of halogens is 3. The smallest absolute Gasteiger partial charge is 0.422 e. The Morgan fingerprint density at radius 1 is 1.20 bits per heavy atom. The zero-order valence-corrected chi connectivity index (χ0v) is 14.3. The van der Waals surface area contributed by atoms with Crippen LogP contribution in [-0.4, -0.2) is 24.5 Å². The van der Waals surface area contributed by atoms with Gasteiger partial charge < -0.3 is 9.47 Å². The molecule has 0 aromatic heterocycles. The van der Waals surface area contributed by atoms with Crippen LogP contribution in [0.15, 0.2) is 24.3 Å². The molecule has 25 heavy (non-hydrogen) atoms. The van der Waals surface area contributed by atoms with E-state index in [1.54, 1.807) is 12.1 Å². The summed E-state index contributed by atoms with van der Waals surface area (Å²) in [6, 6.07) is 4.89. The van der Waals surface area contributed by atoms with Crippen molar-refractivity contribution in [3.8, 4) is 11.5 Å². The molecule has 1 N–H and O–H groups in total. The van der Waals surface area contributed by atoms with Gasteiger partial charge in [0.2, 0.25) is 0 Å². The van der Waals surface area contributed by atoms with Gasteiger partial charge >= 0.3 is 6.18 Å². The molecule has 1 aliphatic carbocycles. The third kappa shape index (κ3) is 4.39. The number of rotatable bonds is 5. The second-order valence-electron chi connectivity index (χ2n) is 6.77. The average Bonchev–Trinajstić information content (AvgIpc) is 3.15. The molecule has 0 radical (unpaired) electrons. The van der Waals surface area contributed by atoms with Crippen molar-refractivity contribution in [3.63, 3.8) is 0 Å². The molecule has 7 heteroatoms. The Kier molecular flexibility index (Phi) is 4.86. The molecule has 1 aliphatic heterocycles. The summed E-state index contributed by atoms with van der Waals surface area (Å²) in [5, 5.41) is 0. The molecule has 3 rings (SSSR count). The molecule has 0 unspecified atom stereocenters. The van der Waals surface area contributed by atoms with Crippen molar-refractivity contribution in [1.29, 1.82) is 0 Å². The van der Waals surface area contributed by atoms with Crippen LogP contribution in [0.2, 0.25) is 0 Å². The first-order valence-electron chi connectivity index (χ1n) is 8.44. The molecule has 1 saturated carbocycles. The lowest BCUT2D eigenvalue weighted by Gasteiger charge is -2.17. The van der Waals surface area contributed by atoms with E-state index in [4.69, 9.17) is 14.3 Å². The molecule has 1 fully saturated rings. The van der Waals surface area contributed by atoms with Gasteiger partial charge in [-0.05, 0) is 51.0 Å². The van der Waals surface area contributed by atoms with Gasteiger partial charge in [-0.3, -0.25) is 10.3 Å². The lowest BCUT2D eigenvalue weighted by molar-refractivity contribution is -0.153. The van der Waals surface area contributed by atoms with Crippen LogP contribution in [0.1, 0.15) is 45.1 Å². The van der Waals surface area contributed by atoms with Gasteiger partial charge in [-0.1, -0.05) is 12.8 Å². The number of ether oxygens (including phenoxy) is 2. The Morgan fingerprint density at radius 2 is 1.92 bits per heavy atom. The lowest BCUT2D eigenvalue weighted by atomic mass is 10.00. The fraction of sp³-hybridized carbons (Fsp3) is 0.556. The van der Waals surface area contributed by atoms with E-state index >= 15 is 0 Å². The number of hydroxylamine groups is 1. The molecule has 0 saturated heterocycles. The maximum Gasteiger partial charge on any atom is 0.422 e. The summed E-state index contributed by atoms with van der Waals surface area (Å²) in [5.74, 6) is 0.358. The highest BCUT2D eigenvalue weighted by Gasteiger charge is 2.38. The van der Waals surface area contributed by atoms with Gasteiger partial charge in [-0.15, -0.1) is 0 Å². The predicted molar refractivity (Wildman–Crippen MR) is 87.2 cm³/mol. The molecule has 1 spiro atoms. The van der Waals surface area contributed by atoms with E-state index in [1.165, 1.54) is 6.07 Å². The van der Waals surface area contributed by atoms with Gasteiger partial charge in [0.25, 0.3) is 0 Å². The minimum Gasteiger partial charge on any atom is -0.487 e. The van der Waals surface area contributed by atoms with Gasteiger partial charge in [0, 0.05) is 5.56 Å². The van der Waals surface area contributed by atoms with Crippen LogP contribution in [-0.2, 0) is 4.84 Å². The first kappa shape index (κ1) is 17.9. The highest BCUT2D eigenvalue weighted by Crippen LogP contribution is 2.40. The first-order valence-corrected chi connectivity index (χ1v) is 8.44. The van der Waals surface area contributed by atoms with Crippen molar-refractivity contribution in [2.24, 2.45) is 0 Å². The fourth-order valence-corrected chi connectivity index (χ4v) is 3.14. The fourth-order valence-electron chi connectivity index (χ4n) is 3.14. The number of nitrogens with one attached hydrogen (secondary N) is 1. The summed E-state index contributed by atoms with van der Waals surface area (Å²) in [6.07, 6.45) is 1.65. The Balaban J connectivity index is 1.84. The molecule has 0 atom stereocenters. The van der Waals surface area contributed by atoms with Crippen molar-refractivity contribution >= 4 is 5.70 Å². The molecule has 2 aliphatic rings. The van der Waals surface area contributed by atoms with Crippen LogP contribution in [0.5, 0.6) is 11.5 Å². The minimum atomic E-state index is -4.40. The molecule has 138 valence electrons. The maximum absolute atomic E-state index is 12.4. The Labute approximate surface area is 144 Å². The molecule has 1 aromatic rings. The summed E-state index contributed by atoms with van der Waals surface area (Å²) in [6.45, 7) is 2.27. The van der Waals surface area contributed by atoms with Crippen LogP contribution >= 0.6 is 0 Å². The Morgan fingerprint density at radius 3 is 2.56 bits per heavy atom. The Bertz CT molecular complexity index is 649. The highest BCUT2D eigenvalue weighted by molar-refractivity contribution is 5.68. The number of hydrogen-bond acceptors (Lipinski definition) is 4. The molecular weight excluding hydrogens is 335 g/mol. The maximum atomic E-state index is 12.4. The monoisotopic (exact) mass is 357 g/mol. The average molecular weight is 357 g/mol. The number of hydrogen-bond donors (Lipinski definition) is 1. The van der Waals surface area contributed by atoms with Crippen LogP contribution in [0.4, 0.5) is 13.2 Å². The van der Waals surface area contributed by atoms with Crippen LogP contribution in [0.25, 0.3) is 5.70 Å². The zero-order valence-electron chi connectivity index (χ0n) is 14.3. The third-order valence-electron chi connectivity index (χ3n) is 4.23. The second kappa shape index (κ2) is 6.78. The van der Waals surface area contributed by atoms with Crippen LogP contribution in [0, 0.1) is 0 Å². The van der Waals surface area contributed by atoms with Crippen molar-refractivity contribution < 1.29 is 27.5 Å². The highest BCUT2D eigenvalue weighted by atomic mass is 19.4. The normalized spacial score (nSPS) is 19.2. The summed E-state index contributed by atoms with van der Waals surface area (Å²) in [5.41, 5.74) is 4.28. The standard InChI is InChI=1S/C18H22F3NO3/c1-12(2)24-16-9-13(5-6-15(16)23-11-18(19,20)21)14-10-17(25-22-14)7-3-4-8-17/h5-6,9-10,12,22H,3-4,7-8,11H2,1-2H3. The van der Waals surface area contributed by atoms with Crippen molar-refractivity contribution in [1.82, 2.24) is 5.48 Å². The van der Waals surface area contributed by atoms with Gasteiger partial charge in [-0.2, -0.15) is 13.2 Å². The van der Waals surface area contributed by atoms with Crippen molar-refractivity contribution in [2.45, 2.75) is 57.4 Å². The predicted octanol–water partition coefficient (Wildman–Crippen LogP) is 4.60. The van der Waals surface area contributed by atoms with E-state index in [0.717, 1.165) is 36.9 Å². The van der Waals surface area contributed by atoms with Crippen molar-refractivity contribution in [3.05, 3.63) is 29.8 Å². The SMILES string of the molecule is CC(C)Oc1cc(C2=CC3(CCCC3)ON2)ccc1OCC(F)(F)F. The van der Waals surface area contributed by atoms with Gasteiger partial charge in [0.15, 0.2) is 18.1 Å². The van der Waals surface area contributed by atoms with E-state index in [-0.39, 0.29) is 23.2 Å². The van der Waals surface area contributed by atoms with E-state index < -0.39 is 12.8 Å². The molecule has 0 bridgehead atoms. The quantitative estimate of drug-likeness (QED) is 0.836. The summed E-state index contributed by atoms with van der Waals surface area (Å²) < 4.78 is 47.8. The second-order valence-corrected chi connectivity index (χ2v) is 6.77. The van der Waals surface area contributed by atoms with Crippen LogP contribution < -0.4 is 15.0 Å². The van der Waals surface area contributed by atoms with Gasteiger partial charge in [-0.25, -0.2) is 0 Å². The minimum absolute atomic E-state index is 0.0740. The number of alkyl halides is 3. The lowest BCUT2D eigenvalue weighted by Crippen LogP contribution is -2.25. The number of benzene rings is 1. The first-order chi connectivity index (χ1) is 11.8. The summed E-state index contributed by atoms with van der Waals surface area (Å²) >= 11 is 0. The zero-order chi connectivity index (χ0) is 18.1. The molecule has 1 aromatic carbocycles. The van der Waals surface area contributed by atoms with E-state index in [0.29, 0.717) is 0 Å². The van der Waals surface area contributed by atoms with Crippen LogP contribution in [0.3, 0.4) is 0 Å². The molecule has 1 heterocycles. The van der Waals surface area contributed by atoms with E-state index in [9.17, 15) is 13.2 Å². The van der Waals surface area contributed by atoms with Gasteiger partial charge in [0.1, 0.15) is 5.60 Å². The summed E-state index contributed by atoms with van der Waals surface area (Å²) in [7, 11) is 0. The summed E-state index contributed by atoms with van der Waals surface area (Å²) in [4.78, 5) is 5.75.